The number of carbonyl (C=O) groups excluding carboxylic acids is 1. The number of piperidine rings is 1. The van der Waals surface area contributed by atoms with Crippen LogP contribution >= 0.6 is 0 Å². The highest BCUT2D eigenvalue weighted by atomic mass is 32.2. The highest BCUT2D eigenvalue weighted by molar-refractivity contribution is 7.89. The smallest absolute Gasteiger partial charge is 0.223 e. The Labute approximate surface area is 116 Å². The molecule has 0 saturated carbocycles. The van der Waals surface area contributed by atoms with Crippen LogP contribution in [0, 0.1) is 11.8 Å². The van der Waals surface area contributed by atoms with Crippen LogP contribution in [0.2, 0.25) is 0 Å². The van der Waals surface area contributed by atoms with Crippen LogP contribution in [0.1, 0.15) is 40.0 Å². The van der Waals surface area contributed by atoms with Crippen LogP contribution in [-0.4, -0.2) is 44.0 Å². The van der Waals surface area contributed by atoms with E-state index in [1.165, 1.54) is 4.31 Å². The summed E-state index contributed by atoms with van der Waals surface area (Å²) in [5.74, 6) is 0.680. The van der Waals surface area contributed by atoms with E-state index in [9.17, 15) is 13.2 Å². The van der Waals surface area contributed by atoms with Gasteiger partial charge in [0.25, 0.3) is 0 Å². The van der Waals surface area contributed by atoms with Gasteiger partial charge in [-0.05, 0) is 25.2 Å². The van der Waals surface area contributed by atoms with Gasteiger partial charge in [0.15, 0.2) is 0 Å². The second-order valence-corrected chi connectivity index (χ2v) is 7.72. The largest absolute Gasteiger partial charge is 0.356 e. The summed E-state index contributed by atoms with van der Waals surface area (Å²) in [6.07, 6.45) is 1.90. The lowest BCUT2D eigenvalue weighted by Gasteiger charge is -2.30. The number of amides is 1. The first kappa shape index (κ1) is 16.4. The van der Waals surface area contributed by atoms with Gasteiger partial charge in [-0.3, -0.25) is 4.79 Å². The van der Waals surface area contributed by atoms with Gasteiger partial charge in [-0.2, -0.15) is 0 Å². The minimum absolute atomic E-state index is 0.0353. The van der Waals surface area contributed by atoms with Gasteiger partial charge in [0.2, 0.25) is 15.9 Å². The molecule has 1 saturated heterocycles. The Bertz CT molecular complexity index is 385. The fraction of sp³-hybridized carbons (Fsp3) is 0.923. The summed E-state index contributed by atoms with van der Waals surface area (Å²) in [6.45, 7) is 7.61. The molecule has 1 aliphatic rings. The average Bonchev–Trinajstić information content (AvgIpc) is 2.36. The lowest BCUT2D eigenvalue weighted by atomic mass is 9.97. The van der Waals surface area contributed by atoms with Crippen molar-refractivity contribution in [3.8, 4) is 0 Å². The van der Waals surface area contributed by atoms with Crippen LogP contribution in [-0.2, 0) is 14.8 Å². The number of hydrogen-bond donors (Lipinski definition) is 1. The number of hydrogen-bond acceptors (Lipinski definition) is 3. The van der Waals surface area contributed by atoms with E-state index in [0.717, 1.165) is 0 Å². The molecule has 0 radical (unpaired) electrons. The minimum Gasteiger partial charge on any atom is -0.356 e. The standard InChI is InChI=1S/C13H26N2O3S/c1-4-9-19(17,18)15-7-5-12(6-8-15)13(16)14-10-11(2)3/h11-12H,4-10H2,1-3H3,(H,14,16). The molecule has 1 heterocycles. The summed E-state index contributed by atoms with van der Waals surface area (Å²) < 4.78 is 25.3. The predicted octanol–water partition coefficient (Wildman–Crippen LogP) is 1.21. The second-order valence-electron chi connectivity index (χ2n) is 5.63. The molecule has 1 N–H and O–H groups in total. The number of nitrogens with zero attached hydrogens (tertiary/aromatic N) is 1. The first-order valence-corrected chi connectivity index (χ1v) is 8.73. The Balaban J connectivity index is 2.42. The lowest BCUT2D eigenvalue weighted by molar-refractivity contribution is -0.126. The molecular weight excluding hydrogens is 264 g/mol. The van der Waals surface area contributed by atoms with E-state index in [2.05, 4.69) is 19.2 Å². The highest BCUT2D eigenvalue weighted by Crippen LogP contribution is 2.20. The van der Waals surface area contributed by atoms with Gasteiger partial charge in [-0.25, -0.2) is 12.7 Å². The maximum absolute atomic E-state index is 11.9. The fourth-order valence-corrected chi connectivity index (χ4v) is 3.77. The van der Waals surface area contributed by atoms with Gasteiger partial charge in [0, 0.05) is 25.6 Å². The van der Waals surface area contributed by atoms with Crippen molar-refractivity contribution in [1.29, 1.82) is 0 Å². The van der Waals surface area contributed by atoms with E-state index >= 15 is 0 Å². The predicted molar refractivity (Wildman–Crippen MR) is 76.2 cm³/mol. The molecule has 1 aliphatic heterocycles. The normalized spacial score (nSPS) is 18.7. The Morgan fingerprint density at radius 2 is 1.89 bits per heavy atom. The van der Waals surface area contributed by atoms with Crippen molar-refractivity contribution < 1.29 is 13.2 Å². The van der Waals surface area contributed by atoms with E-state index in [1.54, 1.807) is 0 Å². The molecule has 0 spiro atoms. The van der Waals surface area contributed by atoms with E-state index in [4.69, 9.17) is 0 Å². The van der Waals surface area contributed by atoms with Gasteiger partial charge >= 0.3 is 0 Å². The van der Waals surface area contributed by atoms with Crippen molar-refractivity contribution in [3.05, 3.63) is 0 Å². The third-order valence-electron chi connectivity index (χ3n) is 3.36. The van der Waals surface area contributed by atoms with E-state index in [1.807, 2.05) is 6.92 Å². The van der Waals surface area contributed by atoms with Crippen molar-refractivity contribution in [2.45, 2.75) is 40.0 Å². The molecular formula is C13H26N2O3S. The lowest BCUT2D eigenvalue weighted by Crippen LogP contribution is -2.44. The van der Waals surface area contributed by atoms with E-state index < -0.39 is 10.0 Å². The minimum atomic E-state index is -3.11. The molecule has 0 aromatic rings. The first-order chi connectivity index (χ1) is 8.86. The van der Waals surface area contributed by atoms with Gasteiger partial charge < -0.3 is 5.32 Å². The molecule has 19 heavy (non-hydrogen) atoms. The zero-order chi connectivity index (χ0) is 14.5. The molecule has 0 unspecified atom stereocenters. The van der Waals surface area contributed by atoms with Crippen molar-refractivity contribution in [2.24, 2.45) is 11.8 Å². The van der Waals surface area contributed by atoms with Gasteiger partial charge in [0.05, 0.1) is 5.75 Å². The van der Waals surface area contributed by atoms with Gasteiger partial charge in [-0.1, -0.05) is 20.8 Å². The number of rotatable bonds is 6. The molecule has 0 bridgehead atoms. The second kappa shape index (κ2) is 7.24. The molecule has 1 rings (SSSR count). The fourth-order valence-electron chi connectivity index (χ4n) is 2.23. The quantitative estimate of drug-likeness (QED) is 0.799. The molecule has 6 heteroatoms. The van der Waals surface area contributed by atoms with E-state index in [-0.39, 0.29) is 17.6 Å². The summed E-state index contributed by atoms with van der Waals surface area (Å²) in [7, 11) is -3.11. The van der Waals surface area contributed by atoms with Crippen LogP contribution in [0.3, 0.4) is 0 Å². The monoisotopic (exact) mass is 290 g/mol. The molecule has 1 amide bonds. The molecule has 0 aliphatic carbocycles. The van der Waals surface area contributed by atoms with Crippen molar-refractivity contribution in [1.82, 2.24) is 9.62 Å². The maximum atomic E-state index is 11.9. The van der Waals surface area contributed by atoms with Crippen LogP contribution in [0.4, 0.5) is 0 Å². The number of carbonyl (C=O) groups is 1. The summed E-state index contributed by atoms with van der Waals surface area (Å²) in [6, 6.07) is 0. The van der Waals surface area contributed by atoms with Crippen molar-refractivity contribution in [2.75, 3.05) is 25.4 Å². The topological polar surface area (TPSA) is 66.5 Å². The Morgan fingerprint density at radius 1 is 1.32 bits per heavy atom. The van der Waals surface area contributed by atoms with E-state index in [0.29, 0.717) is 44.8 Å². The molecule has 5 nitrogen and oxygen atoms in total. The van der Waals surface area contributed by atoms with Gasteiger partial charge in [-0.15, -0.1) is 0 Å². The van der Waals surface area contributed by atoms with Crippen LogP contribution in [0.5, 0.6) is 0 Å². The SMILES string of the molecule is CCCS(=O)(=O)N1CCC(C(=O)NCC(C)C)CC1. The third-order valence-corrected chi connectivity index (χ3v) is 5.44. The Hall–Kier alpha value is -0.620. The molecule has 0 atom stereocenters. The Kier molecular flexibility index (Phi) is 6.26. The molecule has 112 valence electrons. The Morgan fingerprint density at radius 3 is 2.37 bits per heavy atom. The molecule has 1 fully saturated rings. The van der Waals surface area contributed by atoms with Crippen molar-refractivity contribution >= 4 is 15.9 Å². The van der Waals surface area contributed by atoms with Gasteiger partial charge in [0.1, 0.15) is 0 Å². The van der Waals surface area contributed by atoms with Crippen molar-refractivity contribution in [3.63, 3.8) is 0 Å². The van der Waals surface area contributed by atoms with Crippen LogP contribution in [0.25, 0.3) is 0 Å². The number of nitrogens with one attached hydrogen (secondary N) is 1. The first-order valence-electron chi connectivity index (χ1n) is 7.12. The summed E-state index contributed by atoms with van der Waals surface area (Å²) in [5.41, 5.74) is 0. The summed E-state index contributed by atoms with van der Waals surface area (Å²) in [4.78, 5) is 11.9. The third kappa shape index (κ3) is 5.10. The zero-order valence-corrected chi connectivity index (χ0v) is 13.0. The zero-order valence-electron chi connectivity index (χ0n) is 12.2. The summed E-state index contributed by atoms with van der Waals surface area (Å²) in [5, 5.41) is 2.92. The average molecular weight is 290 g/mol. The highest BCUT2D eigenvalue weighted by Gasteiger charge is 2.30. The molecule has 0 aromatic heterocycles. The summed E-state index contributed by atoms with van der Waals surface area (Å²) >= 11 is 0. The maximum Gasteiger partial charge on any atom is 0.223 e. The molecule has 0 aromatic carbocycles. The van der Waals surface area contributed by atoms with Crippen LogP contribution in [0.15, 0.2) is 0 Å². The number of sulfonamides is 1. The van der Waals surface area contributed by atoms with Crippen LogP contribution < -0.4 is 5.32 Å².